The minimum atomic E-state index is -0.510. The maximum Gasteiger partial charge on any atom is 0.122 e. The van der Waals surface area contributed by atoms with Crippen molar-refractivity contribution in [2.24, 2.45) is 5.92 Å². The Kier molecular flexibility index (Phi) is 5.19. The Morgan fingerprint density at radius 2 is 2.11 bits per heavy atom. The minimum Gasteiger partial charge on any atom is -0.491 e. The van der Waals surface area contributed by atoms with E-state index in [4.69, 9.17) is 9.84 Å². The lowest BCUT2D eigenvalue weighted by Gasteiger charge is -2.31. The summed E-state index contributed by atoms with van der Waals surface area (Å²) in [4.78, 5) is 0. The first kappa shape index (κ1) is 14.3. The molecule has 3 N–H and O–H groups in total. The van der Waals surface area contributed by atoms with Gasteiger partial charge in [0.1, 0.15) is 18.5 Å². The van der Waals surface area contributed by atoms with Gasteiger partial charge >= 0.3 is 0 Å². The summed E-state index contributed by atoms with van der Waals surface area (Å²) in [7, 11) is 0. The molecular formula is C15H23NO3. The van der Waals surface area contributed by atoms with Crippen molar-refractivity contribution >= 4 is 0 Å². The molecule has 0 radical (unpaired) electrons. The summed E-state index contributed by atoms with van der Waals surface area (Å²) >= 11 is 0. The van der Waals surface area contributed by atoms with E-state index < -0.39 is 6.10 Å². The quantitative estimate of drug-likeness (QED) is 0.691. The van der Waals surface area contributed by atoms with E-state index in [1.165, 1.54) is 0 Å². The van der Waals surface area contributed by atoms with Gasteiger partial charge in [0.25, 0.3) is 0 Å². The zero-order chi connectivity index (χ0) is 13.7. The summed E-state index contributed by atoms with van der Waals surface area (Å²) < 4.78 is 5.58. The third kappa shape index (κ3) is 4.49. The lowest BCUT2D eigenvalue weighted by molar-refractivity contribution is 0.0400. The Morgan fingerprint density at radius 3 is 2.79 bits per heavy atom. The standard InChI is InChI=1S/C15H23NO3/c1-11-4-2-3-5-15(11)19-10-14(18)9-16-8-12-6-13(17)7-12/h2-5,12-14,16-18H,6-10H2,1H3. The maximum atomic E-state index is 9.82. The predicted octanol–water partition coefficient (Wildman–Crippen LogP) is 1.10. The van der Waals surface area contributed by atoms with Crippen molar-refractivity contribution in [3.05, 3.63) is 29.8 Å². The number of aliphatic hydroxyl groups is 2. The largest absolute Gasteiger partial charge is 0.491 e. The number of hydrogen-bond donors (Lipinski definition) is 3. The van der Waals surface area contributed by atoms with Crippen LogP contribution in [0.5, 0.6) is 5.75 Å². The third-order valence-corrected chi connectivity index (χ3v) is 3.55. The molecular weight excluding hydrogens is 242 g/mol. The van der Waals surface area contributed by atoms with Crippen molar-refractivity contribution in [3.63, 3.8) is 0 Å². The first-order valence-electron chi connectivity index (χ1n) is 6.90. The maximum absolute atomic E-state index is 9.82. The first-order valence-corrected chi connectivity index (χ1v) is 6.90. The van der Waals surface area contributed by atoms with Crippen LogP contribution in [0.4, 0.5) is 0 Å². The molecule has 0 amide bonds. The van der Waals surface area contributed by atoms with Crippen LogP contribution in [-0.4, -0.2) is 42.1 Å². The van der Waals surface area contributed by atoms with Gasteiger partial charge in [-0.1, -0.05) is 18.2 Å². The van der Waals surface area contributed by atoms with Crippen molar-refractivity contribution in [1.29, 1.82) is 0 Å². The van der Waals surface area contributed by atoms with Crippen molar-refractivity contribution in [2.45, 2.75) is 32.0 Å². The van der Waals surface area contributed by atoms with Crippen LogP contribution in [-0.2, 0) is 0 Å². The Bertz CT molecular complexity index is 391. The summed E-state index contributed by atoms with van der Waals surface area (Å²) in [6, 6.07) is 7.79. The van der Waals surface area contributed by atoms with Gasteiger partial charge in [0.05, 0.1) is 6.10 Å². The zero-order valence-electron chi connectivity index (χ0n) is 11.4. The SMILES string of the molecule is Cc1ccccc1OCC(O)CNCC1CC(O)C1. The third-order valence-electron chi connectivity index (χ3n) is 3.55. The molecule has 1 atom stereocenters. The van der Waals surface area contributed by atoms with E-state index in [1.54, 1.807) is 0 Å². The van der Waals surface area contributed by atoms with Crippen LogP contribution in [0.2, 0.25) is 0 Å². The summed E-state index contributed by atoms with van der Waals surface area (Å²) in [6.45, 7) is 3.67. The summed E-state index contributed by atoms with van der Waals surface area (Å²) in [5, 5.41) is 22.2. The molecule has 1 unspecified atom stereocenters. The molecule has 1 aromatic carbocycles. The van der Waals surface area contributed by atoms with Crippen LogP contribution in [0, 0.1) is 12.8 Å². The van der Waals surface area contributed by atoms with Crippen molar-refractivity contribution in [3.8, 4) is 5.75 Å². The Labute approximate surface area is 114 Å². The molecule has 19 heavy (non-hydrogen) atoms. The number of benzene rings is 1. The molecule has 0 spiro atoms. The highest BCUT2D eigenvalue weighted by Gasteiger charge is 2.26. The Hall–Kier alpha value is -1.10. The first-order chi connectivity index (χ1) is 9.15. The fourth-order valence-corrected chi connectivity index (χ4v) is 2.28. The molecule has 4 heteroatoms. The molecule has 2 rings (SSSR count). The number of ether oxygens (including phenoxy) is 1. The van der Waals surface area contributed by atoms with Crippen LogP contribution >= 0.6 is 0 Å². The molecule has 0 saturated heterocycles. The van der Waals surface area contributed by atoms with Gasteiger partial charge < -0.3 is 20.3 Å². The van der Waals surface area contributed by atoms with Gasteiger partial charge in [-0.3, -0.25) is 0 Å². The van der Waals surface area contributed by atoms with E-state index in [-0.39, 0.29) is 6.10 Å². The zero-order valence-corrected chi connectivity index (χ0v) is 11.4. The average Bonchev–Trinajstić information content (AvgIpc) is 2.35. The summed E-state index contributed by atoms with van der Waals surface area (Å²) in [5.74, 6) is 1.38. The Balaban J connectivity index is 1.59. The van der Waals surface area contributed by atoms with Crippen molar-refractivity contribution in [2.75, 3.05) is 19.7 Å². The van der Waals surface area contributed by atoms with Crippen LogP contribution in [0.15, 0.2) is 24.3 Å². The van der Waals surface area contributed by atoms with Crippen LogP contribution in [0.1, 0.15) is 18.4 Å². The monoisotopic (exact) mass is 265 g/mol. The molecule has 0 heterocycles. The van der Waals surface area contributed by atoms with Gasteiger partial charge in [0, 0.05) is 6.54 Å². The fraction of sp³-hybridized carbons (Fsp3) is 0.600. The molecule has 0 aliphatic heterocycles. The van der Waals surface area contributed by atoms with Gasteiger partial charge in [0.2, 0.25) is 0 Å². The van der Waals surface area contributed by atoms with Crippen LogP contribution in [0.3, 0.4) is 0 Å². The minimum absolute atomic E-state index is 0.110. The van der Waals surface area contributed by atoms with Crippen molar-refractivity contribution < 1.29 is 14.9 Å². The highest BCUT2D eigenvalue weighted by molar-refractivity contribution is 5.31. The molecule has 106 valence electrons. The summed E-state index contributed by atoms with van der Waals surface area (Å²) in [6.07, 6.45) is 1.14. The number of para-hydroxylation sites is 1. The van der Waals surface area contributed by atoms with Gasteiger partial charge in [0.15, 0.2) is 0 Å². The van der Waals surface area contributed by atoms with Gasteiger partial charge in [-0.25, -0.2) is 0 Å². The second kappa shape index (κ2) is 6.89. The highest BCUT2D eigenvalue weighted by Crippen LogP contribution is 2.26. The van der Waals surface area contributed by atoms with Gasteiger partial charge in [-0.05, 0) is 43.9 Å². The van der Waals surface area contributed by atoms with E-state index in [9.17, 15) is 5.11 Å². The number of nitrogens with one attached hydrogen (secondary N) is 1. The fourth-order valence-electron chi connectivity index (χ4n) is 2.28. The van der Waals surface area contributed by atoms with E-state index in [2.05, 4.69) is 5.32 Å². The van der Waals surface area contributed by atoms with Gasteiger partial charge in [-0.2, -0.15) is 0 Å². The topological polar surface area (TPSA) is 61.7 Å². The lowest BCUT2D eigenvalue weighted by Crippen LogP contribution is -2.39. The van der Waals surface area contributed by atoms with Crippen LogP contribution in [0.25, 0.3) is 0 Å². The number of hydrogen-bond acceptors (Lipinski definition) is 4. The molecule has 1 aromatic rings. The van der Waals surface area contributed by atoms with E-state index in [0.29, 0.717) is 19.1 Å². The van der Waals surface area contributed by atoms with E-state index >= 15 is 0 Å². The normalized spacial score (nSPS) is 23.7. The Morgan fingerprint density at radius 1 is 1.37 bits per heavy atom. The number of aliphatic hydroxyl groups excluding tert-OH is 2. The van der Waals surface area contributed by atoms with E-state index in [0.717, 1.165) is 30.7 Å². The molecule has 1 fully saturated rings. The smallest absolute Gasteiger partial charge is 0.122 e. The van der Waals surface area contributed by atoms with Crippen LogP contribution < -0.4 is 10.1 Å². The van der Waals surface area contributed by atoms with Crippen molar-refractivity contribution in [1.82, 2.24) is 5.32 Å². The molecule has 4 nitrogen and oxygen atoms in total. The molecule has 0 aromatic heterocycles. The molecule has 0 bridgehead atoms. The lowest BCUT2D eigenvalue weighted by atomic mass is 9.82. The molecule has 1 aliphatic rings. The summed E-state index contributed by atoms with van der Waals surface area (Å²) in [5.41, 5.74) is 1.08. The highest BCUT2D eigenvalue weighted by atomic mass is 16.5. The number of rotatable bonds is 7. The molecule has 1 saturated carbocycles. The number of aryl methyl sites for hydroxylation is 1. The van der Waals surface area contributed by atoms with Gasteiger partial charge in [-0.15, -0.1) is 0 Å². The second-order valence-corrected chi connectivity index (χ2v) is 5.38. The van der Waals surface area contributed by atoms with E-state index in [1.807, 2.05) is 31.2 Å². The second-order valence-electron chi connectivity index (χ2n) is 5.38. The molecule has 1 aliphatic carbocycles. The predicted molar refractivity (Wildman–Crippen MR) is 74.3 cm³/mol. The average molecular weight is 265 g/mol.